The minimum Gasteiger partial charge on any atom is -0.0616 e. The van der Waals surface area contributed by atoms with Crippen LogP contribution in [-0.4, -0.2) is 0 Å². The van der Waals surface area contributed by atoms with Gasteiger partial charge in [-0.1, -0.05) is 164 Å². The van der Waals surface area contributed by atoms with E-state index in [0.29, 0.717) is 27.6 Å². The van der Waals surface area contributed by atoms with E-state index in [4.69, 9.17) is 4.11 Å². The Morgan fingerprint density at radius 2 is 0.913 bits per heavy atom. The van der Waals surface area contributed by atoms with Crippen molar-refractivity contribution in [2.45, 2.75) is 0 Å². The first-order valence-corrected chi connectivity index (χ1v) is 15.4. The lowest BCUT2D eigenvalue weighted by Crippen LogP contribution is -1.92. The second-order valence-corrected chi connectivity index (χ2v) is 11.8. The van der Waals surface area contributed by atoms with Crippen molar-refractivity contribution in [3.8, 4) is 22.3 Å². The van der Waals surface area contributed by atoms with Crippen molar-refractivity contribution in [2.75, 3.05) is 0 Å². The molecule has 0 heteroatoms. The minimum absolute atomic E-state index is 0.0200. The van der Waals surface area contributed by atoms with Gasteiger partial charge in [0.1, 0.15) is 0 Å². The molecule has 0 nitrogen and oxygen atoms in total. The molecule has 0 N–H and O–H groups in total. The van der Waals surface area contributed by atoms with Crippen LogP contribution >= 0.6 is 0 Å². The Kier molecular flexibility index (Phi) is 3.98. The summed E-state index contributed by atoms with van der Waals surface area (Å²) >= 11 is 0. The molecule has 10 aromatic carbocycles. The molecular formula is C46H28. The quantitative estimate of drug-likeness (QED) is 0.139. The number of rotatable bonds is 2. The predicted molar refractivity (Wildman–Crippen MR) is 200 cm³/mol. The third kappa shape index (κ3) is 3.56. The van der Waals surface area contributed by atoms with Crippen molar-refractivity contribution in [1.29, 1.82) is 0 Å². The van der Waals surface area contributed by atoms with Gasteiger partial charge in [-0.15, -0.1) is 0 Å². The number of benzene rings is 10. The summed E-state index contributed by atoms with van der Waals surface area (Å²) in [6.07, 6.45) is 0. The molecule has 0 spiro atoms. The average molecular weight is 589 g/mol. The van der Waals surface area contributed by atoms with Crippen LogP contribution in [0.3, 0.4) is 0 Å². The average Bonchev–Trinajstić information content (AvgIpc) is 3.20. The van der Waals surface area contributed by atoms with Crippen LogP contribution in [0.15, 0.2) is 170 Å². The summed E-state index contributed by atoms with van der Waals surface area (Å²) < 4.78 is 73.7. The SMILES string of the molecule is [2H]c1c([2H])c([2H])c2c(-c3cccc4ccccc34)c3c(-c4cccc5c6ccccc6c6ccc7ccccc7c6c45)c([2H])c([2H])c([2H])c3c([2H])c2c1[2H]. The molecule has 10 rings (SSSR count). The van der Waals surface area contributed by atoms with E-state index in [1.807, 2.05) is 78.9 Å². The molecule has 0 fully saturated rings. The van der Waals surface area contributed by atoms with Crippen LogP contribution < -0.4 is 0 Å². The summed E-state index contributed by atoms with van der Waals surface area (Å²) in [7, 11) is 0. The second kappa shape index (κ2) is 9.76. The van der Waals surface area contributed by atoms with Gasteiger partial charge in [0.25, 0.3) is 0 Å². The highest BCUT2D eigenvalue weighted by molar-refractivity contribution is 6.35. The van der Waals surface area contributed by atoms with E-state index in [9.17, 15) is 6.85 Å². The van der Waals surface area contributed by atoms with Gasteiger partial charge in [0.15, 0.2) is 0 Å². The maximum Gasteiger partial charge on any atom is 0.0636 e. The van der Waals surface area contributed by atoms with Gasteiger partial charge in [0, 0.05) is 0 Å². The highest BCUT2D eigenvalue weighted by Crippen LogP contribution is 2.48. The Bertz CT molecular complexity index is 3310. The highest BCUT2D eigenvalue weighted by atomic mass is 14.2. The number of hydrogen-bond acceptors (Lipinski definition) is 0. The van der Waals surface area contributed by atoms with Gasteiger partial charge >= 0.3 is 0 Å². The molecule has 0 amide bonds. The van der Waals surface area contributed by atoms with Gasteiger partial charge in [-0.25, -0.2) is 0 Å². The van der Waals surface area contributed by atoms with Gasteiger partial charge in [-0.05, 0) is 104 Å². The summed E-state index contributed by atoms with van der Waals surface area (Å²) in [5.74, 6) is 0. The van der Waals surface area contributed by atoms with E-state index >= 15 is 0 Å². The molecule has 0 aliphatic rings. The first-order valence-electron chi connectivity index (χ1n) is 19.4. The van der Waals surface area contributed by atoms with Crippen LogP contribution in [0.1, 0.15) is 11.0 Å². The van der Waals surface area contributed by atoms with Crippen LogP contribution in [0.25, 0.3) is 97.7 Å². The standard InChI is InChI=1S/C46H28/c1-4-17-33-29(12-1)15-9-22-38(33)44-35-19-6-3-14-31(35)28-32-16-10-23-40(43(32)44)41-25-11-24-39-36-20-7-8-21-37(36)42-27-26-30-13-2-5-18-34(30)45(42)46(39)41/h1-28H/i3D,6D,10D,14D,16D,19D,23D,28D. The Labute approximate surface area is 278 Å². The Morgan fingerprint density at radius 1 is 0.304 bits per heavy atom. The van der Waals surface area contributed by atoms with E-state index in [1.54, 1.807) is 0 Å². The van der Waals surface area contributed by atoms with Gasteiger partial charge in [-0.3, -0.25) is 0 Å². The van der Waals surface area contributed by atoms with Gasteiger partial charge in [0.05, 0.1) is 11.0 Å². The Balaban J connectivity index is 1.56. The summed E-state index contributed by atoms with van der Waals surface area (Å²) in [5, 5.41) is 10.2. The Morgan fingerprint density at radius 3 is 1.76 bits per heavy atom. The fourth-order valence-corrected chi connectivity index (χ4v) is 7.48. The molecule has 0 aromatic heterocycles. The summed E-state index contributed by atoms with van der Waals surface area (Å²) in [6, 6.07) is 37.4. The fraction of sp³-hybridized carbons (Fsp3) is 0. The van der Waals surface area contributed by atoms with Crippen LogP contribution in [0.4, 0.5) is 0 Å². The number of hydrogen-bond donors (Lipinski definition) is 0. The summed E-state index contributed by atoms with van der Waals surface area (Å²) in [6.45, 7) is 0. The van der Waals surface area contributed by atoms with Gasteiger partial charge in [-0.2, -0.15) is 0 Å². The molecule has 46 heavy (non-hydrogen) atoms. The molecule has 0 radical (unpaired) electrons. The molecule has 0 saturated carbocycles. The molecule has 0 unspecified atom stereocenters. The molecule has 0 atom stereocenters. The van der Waals surface area contributed by atoms with Crippen molar-refractivity contribution >= 4 is 75.4 Å². The lowest BCUT2D eigenvalue weighted by molar-refractivity contribution is 1.69. The molecule has 0 heterocycles. The summed E-state index contributed by atoms with van der Waals surface area (Å²) in [5.41, 5.74) is 2.03. The second-order valence-electron chi connectivity index (χ2n) is 11.8. The third-order valence-electron chi connectivity index (χ3n) is 9.39. The van der Waals surface area contributed by atoms with Crippen LogP contribution in [0.2, 0.25) is 0 Å². The van der Waals surface area contributed by atoms with Crippen molar-refractivity contribution in [2.24, 2.45) is 0 Å². The van der Waals surface area contributed by atoms with Gasteiger partial charge in [0.2, 0.25) is 0 Å². The molecule has 0 aliphatic carbocycles. The molecular weight excluding hydrogens is 553 g/mol. The van der Waals surface area contributed by atoms with Crippen LogP contribution in [0, 0.1) is 0 Å². The monoisotopic (exact) mass is 588 g/mol. The minimum atomic E-state index is -0.474. The van der Waals surface area contributed by atoms with E-state index in [2.05, 4.69) is 42.5 Å². The number of fused-ring (bicyclic) bond motifs is 11. The lowest BCUT2D eigenvalue weighted by Gasteiger charge is -2.20. The summed E-state index contributed by atoms with van der Waals surface area (Å²) in [4.78, 5) is 0. The van der Waals surface area contributed by atoms with Crippen molar-refractivity contribution < 1.29 is 11.0 Å². The van der Waals surface area contributed by atoms with E-state index in [1.165, 1.54) is 0 Å². The molecule has 10 aromatic rings. The zero-order chi connectivity index (χ0) is 37.2. The Hall–Kier alpha value is -5.98. The zero-order valence-electron chi connectivity index (χ0n) is 32.5. The largest absolute Gasteiger partial charge is 0.0636 e. The molecule has 0 aliphatic heterocycles. The first-order chi connectivity index (χ1) is 26.2. The lowest BCUT2D eigenvalue weighted by atomic mass is 9.83. The maximum atomic E-state index is 9.72. The van der Waals surface area contributed by atoms with Crippen LogP contribution in [0.5, 0.6) is 0 Å². The topological polar surface area (TPSA) is 0 Å². The van der Waals surface area contributed by atoms with Crippen LogP contribution in [-0.2, 0) is 0 Å². The van der Waals surface area contributed by atoms with Crippen molar-refractivity contribution in [1.82, 2.24) is 0 Å². The first kappa shape index (κ1) is 18.7. The van der Waals surface area contributed by atoms with E-state index < -0.39 is 12.1 Å². The van der Waals surface area contributed by atoms with Gasteiger partial charge < -0.3 is 0 Å². The zero-order valence-corrected chi connectivity index (χ0v) is 24.5. The smallest absolute Gasteiger partial charge is 0.0616 e. The predicted octanol–water partition coefficient (Wildman–Crippen LogP) is 13.1. The maximum absolute atomic E-state index is 9.72. The molecule has 212 valence electrons. The van der Waals surface area contributed by atoms with Crippen molar-refractivity contribution in [3.63, 3.8) is 0 Å². The molecule has 0 saturated heterocycles. The van der Waals surface area contributed by atoms with E-state index in [-0.39, 0.29) is 52.4 Å². The molecule has 0 bridgehead atoms. The van der Waals surface area contributed by atoms with E-state index in [0.717, 1.165) is 53.9 Å². The van der Waals surface area contributed by atoms with Crippen molar-refractivity contribution in [3.05, 3.63) is 170 Å². The fourth-order valence-electron chi connectivity index (χ4n) is 7.48. The normalized spacial score (nSPS) is 14.3. The highest BCUT2D eigenvalue weighted by Gasteiger charge is 2.20. The third-order valence-corrected chi connectivity index (χ3v) is 9.39.